The minimum absolute atomic E-state index is 0.142. The molecular formula is C17H25N3O. The third-order valence-corrected chi connectivity index (χ3v) is 4.73. The van der Waals surface area contributed by atoms with Gasteiger partial charge in [0.2, 0.25) is 0 Å². The van der Waals surface area contributed by atoms with E-state index in [2.05, 4.69) is 48.2 Å². The summed E-state index contributed by atoms with van der Waals surface area (Å²) in [7, 11) is 0. The molecule has 2 aromatic rings. The zero-order valence-corrected chi connectivity index (χ0v) is 13.1. The fraction of sp³-hybridized carbons (Fsp3) is 0.588. The van der Waals surface area contributed by atoms with Gasteiger partial charge in [0.1, 0.15) is 0 Å². The second kappa shape index (κ2) is 5.34. The van der Waals surface area contributed by atoms with E-state index in [1.807, 2.05) is 6.07 Å². The maximum atomic E-state index is 11.3. The highest BCUT2D eigenvalue weighted by molar-refractivity contribution is 5.75. The number of fused-ring (bicyclic) bond motifs is 1. The molecule has 2 unspecified atom stereocenters. The molecule has 114 valence electrons. The molecule has 1 aliphatic carbocycles. The minimum atomic E-state index is -0.142. The summed E-state index contributed by atoms with van der Waals surface area (Å²) in [5, 5.41) is 3.76. The van der Waals surface area contributed by atoms with E-state index in [0.29, 0.717) is 17.5 Å². The lowest BCUT2D eigenvalue weighted by molar-refractivity contribution is 0.191. The molecule has 1 heterocycles. The Bertz CT molecular complexity index is 683. The first kappa shape index (κ1) is 14.4. The Morgan fingerprint density at radius 2 is 2.05 bits per heavy atom. The average molecular weight is 287 g/mol. The maximum Gasteiger partial charge on any atom is 0.323 e. The molecule has 2 atom stereocenters. The molecule has 21 heavy (non-hydrogen) atoms. The summed E-state index contributed by atoms with van der Waals surface area (Å²) in [6.45, 7) is 6.93. The van der Waals surface area contributed by atoms with Gasteiger partial charge in [0.25, 0.3) is 0 Å². The van der Waals surface area contributed by atoms with E-state index in [0.717, 1.165) is 11.0 Å². The van der Waals surface area contributed by atoms with Crippen molar-refractivity contribution in [3.8, 4) is 0 Å². The van der Waals surface area contributed by atoms with Gasteiger partial charge < -0.3 is 15.3 Å². The highest BCUT2D eigenvalue weighted by Crippen LogP contribution is 2.36. The second-order valence-electron chi connectivity index (χ2n) is 7.23. The molecule has 0 aliphatic heterocycles. The summed E-state index contributed by atoms with van der Waals surface area (Å²) >= 11 is 0. The van der Waals surface area contributed by atoms with Crippen LogP contribution in [-0.2, 0) is 0 Å². The van der Waals surface area contributed by atoms with Crippen molar-refractivity contribution < 1.29 is 0 Å². The number of benzene rings is 1. The number of H-pyrrole nitrogens is 2. The predicted octanol–water partition coefficient (Wildman–Crippen LogP) is 3.48. The van der Waals surface area contributed by atoms with E-state index in [-0.39, 0.29) is 5.69 Å². The number of aromatic nitrogens is 2. The van der Waals surface area contributed by atoms with Crippen molar-refractivity contribution in [3.05, 3.63) is 34.2 Å². The highest BCUT2D eigenvalue weighted by Gasteiger charge is 2.28. The first-order chi connectivity index (χ1) is 9.93. The number of aromatic amines is 2. The lowest BCUT2D eigenvalue weighted by Gasteiger charge is -2.37. The summed E-state index contributed by atoms with van der Waals surface area (Å²) in [4.78, 5) is 16.9. The first-order valence-corrected chi connectivity index (χ1v) is 7.91. The number of hydrogen-bond donors (Lipinski definition) is 3. The number of imidazole rings is 1. The molecule has 1 aromatic heterocycles. The summed E-state index contributed by atoms with van der Waals surface area (Å²) in [6, 6.07) is 7.03. The van der Waals surface area contributed by atoms with Crippen LogP contribution in [0.5, 0.6) is 0 Å². The highest BCUT2D eigenvalue weighted by atomic mass is 16.1. The normalized spacial score (nSPS) is 23.3. The molecule has 0 radical (unpaired) electrons. The van der Waals surface area contributed by atoms with Gasteiger partial charge in [-0.2, -0.15) is 0 Å². The molecule has 0 saturated heterocycles. The van der Waals surface area contributed by atoms with Gasteiger partial charge in [-0.1, -0.05) is 26.3 Å². The van der Waals surface area contributed by atoms with Crippen LogP contribution in [0.15, 0.2) is 23.0 Å². The van der Waals surface area contributed by atoms with Crippen molar-refractivity contribution >= 4 is 11.0 Å². The largest absolute Gasteiger partial charge is 0.323 e. The molecule has 4 nitrogen and oxygen atoms in total. The van der Waals surface area contributed by atoms with Gasteiger partial charge in [-0.25, -0.2) is 4.79 Å². The van der Waals surface area contributed by atoms with Crippen LogP contribution < -0.4 is 11.0 Å². The van der Waals surface area contributed by atoms with Gasteiger partial charge in [0.05, 0.1) is 11.0 Å². The van der Waals surface area contributed by atoms with Crippen LogP contribution in [-0.4, -0.2) is 16.0 Å². The Balaban J connectivity index is 1.74. The minimum Gasteiger partial charge on any atom is -0.307 e. The molecule has 4 heteroatoms. The average Bonchev–Trinajstić information content (AvgIpc) is 2.76. The van der Waals surface area contributed by atoms with Crippen molar-refractivity contribution in [3.63, 3.8) is 0 Å². The molecule has 0 spiro atoms. The van der Waals surface area contributed by atoms with Crippen LogP contribution in [0.25, 0.3) is 11.0 Å². The molecule has 3 rings (SSSR count). The Kier molecular flexibility index (Phi) is 3.66. The van der Waals surface area contributed by atoms with E-state index in [4.69, 9.17) is 0 Å². The van der Waals surface area contributed by atoms with E-state index in [1.54, 1.807) is 0 Å². The molecule has 0 bridgehead atoms. The van der Waals surface area contributed by atoms with Crippen molar-refractivity contribution in [1.82, 2.24) is 15.3 Å². The van der Waals surface area contributed by atoms with Gasteiger partial charge in [0, 0.05) is 12.1 Å². The van der Waals surface area contributed by atoms with Gasteiger partial charge >= 0.3 is 5.69 Å². The van der Waals surface area contributed by atoms with Crippen LogP contribution in [0.2, 0.25) is 0 Å². The van der Waals surface area contributed by atoms with Crippen molar-refractivity contribution in [2.24, 2.45) is 5.41 Å². The van der Waals surface area contributed by atoms with Gasteiger partial charge in [0.15, 0.2) is 0 Å². The van der Waals surface area contributed by atoms with Crippen molar-refractivity contribution in [2.45, 2.75) is 58.5 Å². The fourth-order valence-corrected chi connectivity index (χ4v) is 3.61. The molecule has 0 amide bonds. The van der Waals surface area contributed by atoms with Gasteiger partial charge in [-0.3, -0.25) is 0 Å². The van der Waals surface area contributed by atoms with E-state index in [9.17, 15) is 4.79 Å². The lowest BCUT2D eigenvalue weighted by Crippen LogP contribution is -2.38. The van der Waals surface area contributed by atoms with E-state index in [1.165, 1.54) is 31.2 Å². The van der Waals surface area contributed by atoms with Crippen LogP contribution in [0.4, 0.5) is 0 Å². The maximum absolute atomic E-state index is 11.3. The fourth-order valence-electron chi connectivity index (χ4n) is 3.61. The summed E-state index contributed by atoms with van der Waals surface area (Å²) < 4.78 is 0. The zero-order chi connectivity index (χ0) is 15.0. The SMILES string of the molecule is CC(NC1CCCC(C)(C)C1)c1ccc2[nH]c(=O)[nH]c2c1. The van der Waals surface area contributed by atoms with E-state index < -0.39 is 0 Å². The van der Waals surface area contributed by atoms with Gasteiger partial charge in [-0.05, 0) is 49.3 Å². The predicted molar refractivity (Wildman–Crippen MR) is 86.5 cm³/mol. The number of rotatable bonds is 3. The van der Waals surface area contributed by atoms with Crippen molar-refractivity contribution in [1.29, 1.82) is 0 Å². The monoisotopic (exact) mass is 287 g/mol. The van der Waals surface area contributed by atoms with Crippen LogP contribution in [0, 0.1) is 5.41 Å². The molecule has 3 N–H and O–H groups in total. The summed E-state index contributed by atoms with van der Waals surface area (Å²) in [6.07, 6.45) is 5.13. The van der Waals surface area contributed by atoms with Gasteiger partial charge in [-0.15, -0.1) is 0 Å². The summed E-state index contributed by atoms with van der Waals surface area (Å²) in [5.74, 6) is 0. The van der Waals surface area contributed by atoms with Crippen LogP contribution >= 0.6 is 0 Å². The third kappa shape index (κ3) is 3.21. The zero-order valence-electron chi connectivity index (χ0n) is 13.1. The standard InChI is InChI=1S/C17H25N3O/c1-11(18-13-5-4-8-17(2,3)10-13)12-6-7-14-15(9-12)20-16(21)19-14/h6-7,9,11,13,18H,4-5,8,10H2,1-3H3,(H2,19,20,21). The van der Waals surface area contributed by atoms with E-state index >= 15 is 0 Å². The lowest BCUT2D eigenvalue weighted by atomic mass is 9.75. The molecule has 1 saturated carbocycles. The first-order valence-electron chi connectivity index (χ1n) is 7.91. The Morgan fingerprint density at radius 1 is 1.29 bits per heavy atom. The van der Waals surface area contributed by atoms with Crippen LogP contribution in [0.1, 0.15) is 58.1 Å². The molecular weight excluding hydrogens is 262 g/mol. The Hall–Kier alpha value is -1.55. The Labute approximate surface area is 125 Å². The summed E-state index contributed by atoms with van der Waals surface area (Å²) in [5.41, 5.74) is 3.29. The molecule has 1 aliphatic rings. The second-order valence-corrected chi connectivity index (χ2v) is 7.23. The number of nitrogens with one attached hydrogen (secondary N) is 3. The quantitative estimate of drug-likeness (QED) is 0.809. The third-order valence-electron chi connectivity index (χ3n) is 4.73. The molecule has 1 fully saturated rings. The topological polar surface area (TPSA) is 60.7 Å². The Morgan fingerprint density at radius 3 is 2.81 bits per heavy atom. The smallest absolute Gasteiger partial charge is 0.307 e. The van der Waals surface area contributed by atoms with Crippen molar-refractivity contribution in [2.75, 3.05) is 0 Å². The van der Waals surface area contributed by atoms with Crippen LogP contribution in [0.3, 0.4) is 0 Å². The number of hydrogen-bond acceptors (Lipinski definition) is 2. The molecule has 1 aromatic carbocycles.